The smallest absolute Gasteiger partial charge is 0.336 e. The number of rotatable bonds is 8. The van der Waals surface area contributed by atoms with Crippen LogP contribution in [-0.4, -0.2) is 54.5 Å². The van der Waals surface area contributed by atoms with Gasteiger partial charge in [-0.15, -0.1) is 16.9 Å². The average molecular weight is 593 g/mol. The van der Waals surface area contributed by atoms with Gasteiger partial charge in [-0.1, -0.05) is 93.2 Å². The molecule has 1 unspecified atom stereocenters. The topological polar surface area (TPSA) is 104 Å². The number of methoxy groups -OCH3 is 1. The molecule has 3 atom stereocenters. The van der Waals surface area contributed by atoms with Crippen molar-refractivity contribution in [1.29, 1.82) is 0 Å². The van der Waals surface area contributed by atoms with E-state index in [1.165, 1.54) is 35.3 Å². The Labute approximate surface area is 247 Å². The molecule has 1 fully saturated rings. The summed E-state index contributed by atoms with van der Waals surface area (Å²) < 4.78 is 12.8. The number of carbonyl (C=O) groups is 2. The van der Waals surface area contributed by atoms with E-state index in [0.717, 1.165) is 16.7 Å². The van der Waals surface area contributed by atoms with Crippen LogP contribution in [-0.2, 0) is 21.4 Å². The molecule has 41 heavy (non-hydrogen) atoms. The van der Waals surface area contributed by atoms with Crippen LogP contribution in [0.1, 0.15) is 44.9 Å². The van der Waals surface area contributed by atoms with Gasteiger partial charge in [0.05, 0.1) is 10.3 Å². The van der Waals surface area contributed by atoms with Crippen LogP contribution in [0.3, 0.4) is 0 Å². The maximum atomic E-state index is 13.4. The third-order valence-corrected chi connectivity index (χ3v) is 10.0. The van der Waals surface area contributed by atoms with Gasteiger partial charge in [0.2, 0.25) is 0 Å². The molecule has 0 saturated carbocycles. The summed E-state index contributed by atoms with van der Waals surface area (Å²) in [5.41, 5.74) is 1.61. The second-order valence-corrected chi connectivity index (χ2v) is 13.5. The van der Waals surface area contributed by atoms with E-state index in [0.29, 0.717) is 10.9 Å². The normalized spacial score (nSPS) is 20.6. The minimum absolute atomic E-state index is 0.114. The van der Waals surface area contributed by atoms with Crippen LogP contribution in [0.25, 0.3) is 0 Å². The Hall–Kier alpha value is -3.41. The summed E-state index contributed by atoms with van der Waals surface area (Å²) in [5.74, 6) is -0.456. The molecule has 5 rings (SSSR count). The molecule has 1 saturated heterocycles. The van der Waals surface area contributed by atoms with Crippen molar-refractivity contribution in [2.24, 2.45) is 12.5 Å². The SMILES string of the molecule is CO[C@H]1C(=O)N2C(C(=O)C(C)(C)C)=C(C)C(Sc3nc(=O)c(OC(c4ccccc4)c4ccccc4)nn3C)S[C@H]12. The second-order valence-electron chi connectivity index (χ2n) is 10.9. The number of fused-ring (bicyclic) bond motifs is 1. The van der Waals surface area contributed by atoms with Crippen molar-refractivity contribution in [3.8, 4) is 5.88 Å². The minimum atomic E-state index is -0.684. The number of allylic oxidation sites excluding steroid dienone is 1. The molecular weight excluding hydrogens is 560 g/mol. The van der Waals surface area contributed by atoms with Crippen molar-refractivity contribution in [1.82, 2.24) is 19.7 Å². The van der Waals surface area contributed by atoms with Gasteiger partial charge < -0.3 is 9.47 Å². The molecule has 0 aliphatic carbocycles. The van der Waals surface area contributed by atoms with E-state index in [-0.39, 0.29) is 27.5 Å². The van der Waals surface area contributed by atoms with Gasteiger partial charge >= 0.3 is 11.4 Å². The summed E-state index contributed by atoms with van der Waals surface area (Å²) in [6.45, 7) is 7.34. The summed E-state index contributed by atoms with van der Waals surface area (Å²) in [4.78, 5) is 45.4. The highest BCUT2D eigenvalue weighted by atomic mass is 32.2. The van der Waals surface area contributed by atoms with Crippen molar-refractivity contribution < 1.29 is 19.1 Å². The molecule has 0 bridgehead atoms. The molecule has 2 aromatic carbocycles. The molecule has 0 spiro atoms. The van der Waals surface area contributed by atoms with Gasteiger partial charge in [0.1, 0.15) is 5.37 Å². The van der Waals surface area contributed by atoms with Crippen LogP contribution in [0.5, 0.6) is 5.88 Å². The van der Waals surface area contributed by atoms with Gasteiger partial charge in [-0.2, -0.15) is 4.98 Å². The molecule has 11 heteroatoms. The number of carbonyl (C=O) groups excluding carboxylic acids is 2. The summed E-state index contributed by atoms with van der Waals surface area (Å²) in [6.07, 6.45) is -1.19. The number of ketones is 1. The van der Waals surface area contributed by atoms with Crippen molar-refractivity contribution in [2.75, 3.05) is 7.11 Å². The van der Waals surface area contributed by atoms with Crippen molar-refractivity contribution in [2.45, 2.75) is 55.0 Å². The van der Waals surface area contributed by atoms with Gasteiger partial charge in [0, 0.05) is 19.6 Å². The lowest BCUT2D eigenvalue weighted by atomic mass is 9.86. The number of hydrogen-bond acceptors (Lipinski definition) is 9. The number of aromatic nitrogens is 3. The highest BCUT2D eigenvalue weighted by Crippen LogP contribution is 2.50. The van der Waals surface area contributed by atoms with E-state index in [1.807, 2.05) is 88.4 Å². The van der Waals surface area contributed by atoms with Gasteiger partial charge in [0.15, 0.2) is 23.1 Å². The summed E-state index contributed by atoms with van der Waals surface area (Å²) >= 11 is 2.81. The predicted octanol–water partition coefficient (Wildman–Crippen LogP) is 4.58. The first-order valence-electron chi connectivity index (χ1n) is 13.2. The fraction of sp³-hybridized carbons (Fsp3) is 0.367. The highest BCUT2D eigenvalue weighted by molar-refractivity contribution is 8.17. The van der Waals surface area contributed by atoms with Crippen LogP contribution in [0.4, 0.5) is 0 Å². The Kier molecular flexibility index (Phi) is 8.13. The lowest BCUT2D eigenvalue weighted by molar-refractivity contribution is -0.160. The van der Waals surface area contributed by atoms with E-state index in [4.69, 9.17) is 9.47 Å². The third-order valence-electron chi connectivity index (χ3n) is 6.92. The zero-order valence-corrected chi connectivity index (χ0v) is 25.4. The first-order valence-corrected chi connectivity index (χ1v) is 15.0. The lowest BCUT2D eigenvalue weighted by Crippen LogP contribution is -2.66. The van der Waals surface area contributed by atoms with Crippen LogP contribution >= 0.6 is 23.5 Å². The minimum Gasteiger partial charge on any atom is -0.460 e. The number of hydrogen-bond donors (Lipinski definition) is 0. The molecular formula is C30H32N4O5S2. The first kappa shape index (κ1) is 29.1. The average Bonchev–Trinajstić information content (AvgIpc) is 2.95. The second kappa shape index (κ2) is 11.5. The Morgan fingerprint density at radius 2 is 1.61 bits per heavy atom. The van der Waals surface area contributed by atoms with Gasteiger partial charge in [-0.05, 0) is 23.6 Å². The van der Waals surface area contributed by atoms with Crippen molar-refractivity contribution >= 4 is 35.2 Å². The molecule has 3 aromatic rings. The molecule has 0 N–H and O–H groups in total. The monoisotopic (exact) mass is 592 g/mol. The zero-order chi connectivity index (χ0) is 29.5. The molecule has 1 amide bonds. The number of β-lactam (4-membered cyclic amide) rings is 1. The number of amides is 1. The molecule has 2 aliphatic rings. The number of benzene rings is 2. The molecule has 9 nitrogen and oxygen atoms in total. The van der Waals surface area contributed by atoms with Crippen molar-refractivity contribution in [3.05, 3.63) is 93.4 Å². The Balaban J connectivity index is 1.46. The maximum Gasteiger partial charge on any atom is 0.336 e. The van der Waals surface area contributed by atoms with E-state index in [2.05, 4.69) is 10.1 Å². The summed E-state index contributed by atoms with van der Waals surface area (Å²) in [7, 11) is 3.19. The van der Waals surface area contributed by atoms with Crippen LogP contribution in [0, 0.1) is 5.41 Å². The van der Waals surface area contributed by atoms with Crippen LogP contribution in [0.15, 0.2) is 81.9 Å². The Morgan fingerprint density at radius 3 is 2.15 bits per heavy atom. The standard InChI is InChI=1S/C30H32N4O5S2/c1-17-20(23(35)30(2,3)4)34-26(37)22(38-6)27(34)40-28(17)41-29-31-24(36)25(32-33(29)5)39-21(18-13-9-7-10-14-18)19-15-11-8-12-16-19/h7-16,21-22,27-28H,1-6H3/t22-,27+,28?/m0/s1. The number of thioether (sulfide) groups is 2. The van der Waals surface area contributed by atoms with E-state index >= 15 is 0 Å². The third kappa shape index (κ3) is 5.58. The predicted molar refractivity (Wildman–Crippen MR) is 158 cm³/mol. The quantitative estimate of drug-likeness (QED) is 0.348. The Bertz CT molecular complexity index is 1510. The first-order chi connectivity index (χ1) is 19.5. The van der Waals surface area contributed by atoms with Gasteiger partial charge in [-0.25, -0.2) is 4.68 Å². The van der Waals surface area contributed by atoms with Gasteiger partial charge in [-0.3, -0.25) is 19.3 Å². The van der Waals surface area contributed by atoms with Crippen LogP contribution in [0.2, 0.25) is 0 Å². The molecule has 214 valence electrons. The molecule has 0 radical (unpaired) electrons. The molecule has 1 aromatic heterocycles. The number of nitrogens with zero attached hydrogens (tertiary/aromatic N) is 4. The van der Waals surface area contributed by atoms with E-state index < -0.39 is 23.2 Å². The number of aryl methyl sites for hydroxylation is 1. The Morgan fingerprint density at radius 1 is 1.02 bits per heavy atom. The summed E-state index contributed by atoms with van der Waals surface area (Å²) in [5, 5.41) is 4.48. The van der Waals surface area contributed by atoms with Crippen LogP contribution < -0.4 is 10.3 Å². The van der Waals surface area contributed by atoms with E-state index in [9.17, 15) is 14.4 Å². The fourth-order valence-electron chi connectivity index (χ4n) is 4.71. The fourth-order valence-corrected chi connectivity index (χ4v) is 7.61. The maximum absolute atomic E-state index is 13.4. The lowest BCUT2D eigenvalue weighted by Gasteiger charge is -2.51. The molecule has 2 aliphatic heterocycles. The zero-order valence-electron chi connectivity index (χ0n) is 23.7. The van der Waals surface area contributed by atoms with E-state index in [1.54, 1.807) is 11.9 Å². The van der Waals surface area contributed by atoms with Gasteiger partial charge in [0.25, 0.3) is 5.91 Å². The number of Topliss-reactive ketones (excluding diaryl/α,β-unsaturated/α-hetero) is 1. The largest absolute Gasteiger partial charge is 0.460 e. The molecule has 3 heterocycles. The number of ether oxygens (including phenoxy) is 2. The highest BCUT2D eigenvalue weighted by Gasteiger charge is 2.56. The van der Waals surface area contributed by atoms with Crippen molar-refractivity contribution in [3.63, 3.8) is 0 Å². The summed E-state index contributed by atoms with van der Waals surface area (Å²) in [6, 6.07) is 19.3.